The molecule has 0 atom stereocenters. The minimum atomic E-state index is -0.276. The molecule has 0 radical (unpaired) electrons. The summed E-state index contributed by atoms with van der Waals surface area (Å²) in [4.78, 5) is 29.7. The number of carbonyl (C=O) groups excluding carboxylic acids is 2. The molecule has 0 aliphatic carbocycles. The van der Waals surface area contributed by atoms with E-state index in [0.29, 0.717) is 23.6 Å². The smallest absolute Gasteiger partial charge is 0.258 e. The second kappa shape index (κ2) is 9.15. The largest absolute Gasteiger partial charge is 0.299 e. The van der Waals surface area contributed by atoms with Crippen LogP contribution in [0.4, 0.5) is 5.95 Å². The van der Waals surface area contributed by atoms with Crippen LogP contribution in [0.5, 0.6) is 0 Å². The van der Waals surface area contributed by atoms with Gasteiger partial charge in [-0.2, -0.15) is 5.10 Å². The third-order valence-corrected chi connectivity index (χ3v) is 5.69. The summed E-state index contributed by atoms with van der Waals surface area (Å²) < 4.78 is 1.80. The molecule has 0 bridgehead atoms. The summed E-state index contributed by atoms with van der Waals surface area (Å²) >= 11 is 0. The van der Waals surface area contributed by atoms with Crippen molar-refractivity contribution >= 4 is 28.5 Å². The molecular formula is C27H23N5O2. The Morgan fingerprint density at radius 1 is 0.971 bits per heavy atom. The summed E-state index contributed by atoms with van der Waals surface area (Å²) in [5.41, 5.74) is 4.86. The van der Waals surface area contributed by atoms with E-state index in [-0.39, 0.29) is 18.1 Å². The van der Waals surface area contributed by atoms with E-state index in [1.807, 2.05) is 73.7 Å². The Bertz CT molecular complexity index is 1480. The van der Waals surface area contributed by atoms with Gasteiger partial charge in [0.1, 0.15) is 5.78 Å². The number of aromatic nitrogens is 4. The Morgan fingerprint density at radius 3 is 2.62 bits per heavy atom. The number of carbonyl (C=O) groups is 2. The average Bonchev–Trinajstić information content (AvgIpc) is 3.50. The highest BCUT2D eigenvalue weighted by Crippen LogP contribution is 2.25. The molecule has 0 saturated heterocycles. The first-order valence-electron chi connectivity index (χ1n) is 11.1. The molecule has 0 saturated carbocycles. The van der Waals surface area contributed by atoms with E-state index in [9.17, 15) is 9.59 Å². The maximum Gasteiger partial charge on any atom is 0.258 e. The lowest BCUT2D eigenvalue weighted by Crippen LogP contribution is -2.15. The Kier molecular flexibility index (Phi) is 5.74. The Labute approximate surface area is 196 Å². The van der Waals surface area contributed by atoms with Crippen molar-refractivity contribution in [3.8, 4) is 16.8 Å². The SMILES string of the molecule is CCC(=O)Cc1cn(-c2ccccc2)c(NC(=O)c2cccc(-c3ccc4[nH]ncc4c3)c2)n1. The van der Waals surface area contributed by atoms with Crippen LogP contribution < -0.4 is 5.32 Å². The van der Waals surface area contributed by atoms with Crippen molar-refractivity contribution in [3.63, 3.8) is 0 Å². The molecule has 0 fully saturated rings. The maximum absolute atomic E-state index is 13.2. The van der Waals surface area contributed by atoms with Gasteiger partial charge in [0, 0.05) is 29.3 Å². The van der Waals surface area contributed by atoms with Gasteiger partial charge in [-0.05, 0) is 47.5 Å². The minimum absolute atomic E-state index is 0.0953. The van der Waals surface area contributed by atoms with Gasteiger partial charge >= 0.3 is 0 Å². The number of ketones is 1. The van der Waals surface area contributed by atoms with E-state index in [1.165, 1.54) is 0 Å². The molecule has 5 rings (SSSR count). The number of para-hydroxylation sites is 1. The number of rotatable bonds is 7. The van der Waals surface area contributed by atoms with Crippen LogP contribution in [0, 0.1) is 0 Å². The zero-order valence-electron chi connectivity index (χ0n) is 18.7. The molecule has 3 aromatic carbocycles. The number of nitrogens with one attached hydrogen (secondary N) is 2. The maximum atomic E-state index is 13.2. The number of fused-ring (bicyclic) bond motifs is 1. The quantitative estimate of drug-likeness (QED) is 0.358. The van der Waals surface area contributed by atoms with Gasteiger partial charge in [0.15, 0.2) is 0 Å². The second-order valence-electron chi connectivity index (χ2n) is 8.04. The van der Waals surface area contributed by atoms with Crippen LogP contribution in [-0.2, 0) is 11.2 Å². The molecule has 0 unspecified atom stereocenters. The summed E-state index contributed by atoms with van der Waals surface area (Å²) in [5, 5.41) is 10.9. The van der Waals surface area contributed by atoms with Crippen molar-refractivity contribution in [3.05, 3.63) is 96.4 Å². The Morgan fingerprint density at radius 2 is 1.79 bits per heavy atom. The molecule has 7 nitrogen and oxygen atoms in total. The number of aromatic amines is 1. The van der Waals surface area contributed by atoms with Crippen LogP contribution >= 0.6 is 0 Å². The lowest BCUT2D eigenvalue weighted by atomic mass is 10.0. The van der Waals surface area contributed by atoms with E-state index >= 15 is 0 Å². The summed E-state index contributed by atoms with van der Waals surface area (Å²) in [6.45, 7) is 1.83. The van der Waals surface area contributed by atoms with Crippen LogP contribution in [0.1, 0.15) is 29.4 Å². The first kappa shape index (κ1) is 21.3. The molecule has 34 heavy (non-hydrogen) atoms. The number of anilines is 1. The number of imidazole rings is 1. The number of hydrogen-bond acceptors (Lipinski definition) is 4. The van der Waals surface area contributed by atoms with E-state index in [2.05, 4.69) is 20.5 Å². The molecular weight excluding hydrogens is 426 g/mol. The number of hydrogen-bond donors (Lipinski definition) is 2. The predicted molar refractivity (Wildman–Crippen MR) is 132 cm³/mol. The highest BCUT2D eigenvalue weighted by atomic mass is 16.2. The second-order valence-corrected chi connectivity index (χ2v) is 8.04. The topological polar surface area (TPSA) is 92.7 Å². The fraction of sp³-hybridized carbons (Fsp3) is 0.111. The molecule has 1 amide bonds. The molecule has 7 heteroatoms. The fourth-order valence-electron chi connectivity index (χ4n) is 3.85. The fourth-order valence-corrected chi connectivity index (χ4v) is 3.85. The minimum Gasteiger partial charge on any atom is -0.299 e. The number of nitrogens with zero attached hydrogens (tertiary/aromatic N) is 3. The van der Waals surface area contributed by atoms with Gasteiger partial charge in [0.25, 0.3) is 5.91 Å². The van der Waals surface area contributed by atoms with Gasteiger partial charge in [-0.15, -0.1) is 0 Å². The van der Waals surface area contributed by atoms with Crippen LogP contribution in [0.25, 0.3) is 27.7 Å². The lowest BCUT2D eigenvalue weighted by molar-refractivity contribution is -0.118. The van der Waals surface area contributed by atoms with Crippen LogP contribution in [0.15, 0.2) is 85.2 Å². The van der Waals surface area contributed by atoms with Gasteiger partial charge in [0.05, 0.1) is 23.8 Å². The molecule has 0 aliphatic heterocycles. The van der Waals surface area contributed by atoms with Gasteiger partial charge in [-0.1, -0.05) is 43.3 Å². The highest BCUT2D eigenvalue weighted by Gasteiger charge is 2.16. The van der Waals surface area contributed by atoms with E-state index in [1.54, 1.807) is 23.0 Å². The molecule has 0 spiro atoms. The summed E-state index contributed by atoms with van der Waals surface area (Å²) in [6, 6.07) is 23.1. The third kappa shape index (κ3) is 4.36. The van der Waals surface area contributed by atoms with Crippen LogP contribution in [0.3, 0.4) is 0 Å². The first-order valence-corrected chi connectivity index (χ1v) is 11.1. The summed E-state index contributed by atoms with van der Waals surface area (Å²) in [6.07, 6.45) is 4.25. The Balaban J connectivity index is 1.45. The first-order chi connectivity index (χ1) is 16.6. The van der Waals surface area contributed by atoms with Gasteiger partial charge in [-0.25, -0.2) is 4.98 Å². The third-order valence-electron chi connectivity index (χ3n) is 5.69. The Hall–Kier alpha value is -4.52. The summed E-state index contributed by atoms with van der Waals surface area (Å²) in [5.74, 6) is 0.195. The van der Waals surface area contributed by atoms with Crippen molar-refractivity contribution in [2.45, 2.75) is 19.8 Å². The average molecular weight is 450 g/mol. The number of amides is 1. The van der Waals surface area contributed by atoms with Crippen molar-refractivity contribution in [2.75, 3.05) is 5.32 Å². The number of H-pyrrole nitrogens is 1. The van der Waals surface area contributed by atoms with Crippen molar-refractivity contribution < 1.29 is 9.59 Å². The van der Waals surface area contributed by atoms with Crippen molar-refractivity contribution in [1.29, 1.82) is 0 Å². The highest BCUT2D eigenvalue weighted by molar-refractivity contribution is 6.04. The molecule has 2 heterocycles. The predicted octanol–water partition coefficient (Wildman–Crippen LogP) is 5.19. The molecule has 5 aromatic rings. The number of benzene rings is 3. The normalized spacial score (nSPS) is 11.0. The van der Waals surface area contributed by atoms with Crippen molar-refractivity contribution in [1.82, 2.24) is 19.7 Å². The van der Waals surface area contributed by atoms with Crippen molar-refractivity contribution in [2.24, 2.45) is 0 Å². The summed E-state index contributed by atoms with van der Waals surface area (Å²) in [7, 11) is 0. The van der Waals surface area contributed by atoms with Gasteiger partial charge in [-0.3, -0.25) is 24.6 Å². The van der Waals surface area contributed by atoms with E-state index < -0.39 is 0 Å². The molecule has 2 N–H and O–H groups in total. The molecule has 0 aliphatic rings. The van der Waals surface area contributed by atoms with Gasteiger partial charge < -0.3 is 0 Å². The van der Waals surface area contributed by atoms with E-state index in [0.717, 1.165) is 27.7 Å². The standard InChI is InChI=1S/C27H23N5O2/c1-2-24(33)15-22-17-32(23-9-4-3-5-10-23)27(29-22)30-26(34)20-8-6-7-18(13-20)19-11-12-25-21(14-19)16-28-31-25/h3-14,16-17H,2,15H2,1H3,(H,28,31)(H,29,30,34). The van der Waals surface area contributed by atoms with Crippen LogP contribution in [-0.4, -0.2) is 31.4 Å². The lowest BCUT2D eigenvalue weighted by Gasteiger charge is -2.10. The van der Waals surface area contributed by atoms with Gasteiger partial charge in [0.2, 0.25) is 5.95 Å². The zero-order valence-corrected chi connectivity index (χ0v) is 18.7. The molecule has 168 valence electrons. The van der Waals surface area contributed by atoms with E-state index in [4.69, 9.17) is 0 Å². The molecule has 2 aromatic heterocycles. The monoisotopic (exact) mass is 449 g/mol. The van der Waals surface area contributed by atoms with Crippen LogP contribution in [0.2, 0.25) is 0 Å². The zero-order chi connectivity index (χ0) is 23.5. The number of Topliss-reactive ketones (excluding diaryl/α,β-unsaturated/α-hetero) is 1.